The van der Waals surface area contributed by atoms with Gasteiger partial charge in [-0.1, -0.05) is 0 Å². The molecule has 1 aromatic heterocycles. The molecule has 1 aliphatic heterocycles. The number of pyridine rings is 1. The SMILES string of the molecule is CC1COCCN1c1nc(C(F)(F)F)ccc1C(=O)O. The van der Waals surface area contributed by atoms with Crippen molar-refractivity contribution >= 4 is 11.8 Å². The number of halogens is 3. The molecule has 0 radical (unpaired) electrons. The van der Waals surface area contributed by atoms with E-state index in [0.29, 0.717) is 25.8 Å². The topological polar surface area (TPSA) is 62.7 Å². The molecule has 1 fully saturated rings. The average Bonchev–Trinajstić information content (AvgIpc) is 2.37. The summed E-state index contributed by atoms with van der Waals surface area (Å²) in [5.74, 6) is -1.47. The number of carboxylic acid groups (broad SMARTS) is 1. The smallest absolute Gasteiger partial charge is 0.433 e. The minimum atomic E-state index is -4.61. The van der Waals surface area contributed by atoms with Gasteiger partial charge in [0.1, 0.15) is 17.1 Å². The summed E-state index contributed by atoms with van der Waals surface area (Å²) in [6.45, 7) is 2.68. The first-order chi connectivity index (χ1) is 9.30. The van der Waals surface area contributed by atoms with E-state index in [9.17, 15) is 18.0 Å². The molecule has 1 aromatic rings. The number of aromatic nitrogens is 1. The standard InChI is InChI=1S/C12H13F3N2O3/c1-7-6-20-5-4-17(7)10-8(11(18)19)2-3-9(16-10)12(13,14)15/h2-3,7H,4-6H2,1H3,(H,18,19). The van der Waals surface area contributed by atoms with Gasteiger partial charge in [0.2, 0.25) is 0 Å². The van der Waals surface area contributed by atoms with Crippen molar-refractivity contribution in [2.45, 2.75) is 19.1 Å². The van der Waals surface area contributed by atoms with Gasteiger partial charge in [0.05, 0.1) is 19.3 Å². The second kappa shape index (κ2) is 5.28. The number of carbonyl (C=O) groups is 1. The van der Waals surface area contributed by atoms with Crippen molar-refractivity contribution in [3.05, 3.63) is 23.4 Å². The van der Waals surface area contributed by atoms with E-state index in [1.807, 2.05) is 0 Å². The summed E-state index contributed by atoms with van der Waals surface area (Å²) in [7, 11) is 0. The zero-order valence-electron chi connectivity index (χ0n) is 10.6. The molecule has 5 nitrogen and oxygen atoms in total. The Morgan fingerprint density at radius 2 is 2.20 bits per heavy atom. The van der Waals surface area contributed by atoms with Gasteiger partial charge >= 0.3 is 12.1 Å². The molecule has 0 spiro atoms. The number of aromatic carboxylic acids is 1. The van der Waals surface area contributed by atoms with E-state index in [1.165, 1.54) is 4.90 Å². The van der Waals surface area contributed by atoms with Crippen LogP contribution in [0, 0.1) is 0 Å². The Morgan fingerprint density at radius 3 is 2.75 bits per heavy atom. The lowest BCUT2D eigenvalue weighted by molar-refractivity contribution is -0.141. The largest absolute Gasteiger partial charge is 0.478 e. The van der Waals surface area contributed by atoms with Crippen molar-refractivity contribution in [3.63, 3.8) is 0 Å². The molecule has 1 unspecified atom stereocenters. The average molecular weight is 290 g/mol. The van der Waals surface area contributed by atoms with Gasteiger partial charge in [-0.05, 0) is 19.1 Å². The normalized spacial score (nSPS) is 20.0. The second-order valence-electron chi connectivity index (χ2n) is 4.49. The fraction of sp³-hybridized carbons (Fsp3) is 0.500. The molecule has 1 saturated heterocycles. The Labute approximate surface area is 113 Å². The maximum absolute atomic E-state index is 12.7. The molecule has 20 heavy (non-hydrogen) atoms. The van der Waals surface area contributed by atoms with Crippen LogP contribution in [-0.4, -0.2) is 41.9 Å². The van der Waals surface area contributed by atoms with Crippen LogP contribution in [0.4, 0.5) is 19.0 Å². The Bertz CT molecular complexity index is 519. The van der Waals surface area contributed by atoms with Crippen molar-refractivity contribution in [2.24, 2.45) is 0 Å². The minimum absolute atomic E-state index is 0.164. The monoisotopic (exact) mass is 290 g/mol. The lowest BCUT2D eigenvalue weighted by Gasteiger charge is -2.35. The number of carboxylic acids is 1. The van der Waals surface area contributed by atoms with Gasteiger partial charge in [-0.2, -0.15) is 13.2 Å². The number of ether oxygens (including phenoxy) is 1. The van der Waals surface area contributed by atoms with Gasteiger partial charge in [0.25, 0.3) is 0 Å². The first-order valence-corrected chi connectivity index (χ1v) is 5.96. The Kier molecular flexibility index (Phi) is 3.85. The van der Waals surface area contributed by atoms with E-state index in [4.69, 9.17) is 9.84 Å². The predicted molar refractivity (Wildman–Crippen MR) is 63.8 cm³/mol. The molecule has 1 aliphatic rings. The van der Waals surface area contributed by atoms with Gasteiger partial charge < -0.3 is 14.7 Å². The van der Waals surface area contributed by atoms with Crippen LogP contribution in [0.25, 0.3) is 0 Å². The molecule has 110 valence electrons. The Morgan fingerprint density at radius 1 is 1.50 bits per heavy atom. The maximum Gasteiger partial charge on any atom is 0.433 e. The fourth-order valence-electron chi connectivity index (χ4n) is 2.03. The molecule has 2 rings (SSSR count). The van der Waals surface area contributed by atoms with Crippen LogP contribution in [0.15, 0.2) is 12.1 Å². The van der Waals surface area contributed by atoms with Crippen LogP contribution in [0.3, 0.4) is 0 Å². The van der Waals surface area contributed by atoms with Crippen LogP contribution in [0.1, 0.15) is 23.0 Å². The van der Waals surface area contributed by atoms with E-state index in [2.05, 4.69) is 4.98 Å². The molecular formula is C12H13F3N2O3. The Balaban J connectivity index is 2.49. The molecular weight excluding hydrogens is 277 g/mol. The van der Waals surface area contributed by atoms with E-state index in [-0.39, 0.29) is 17.4 Å². The highest BCUT2D eigenvalue weighted by Crippen LogP contribution is 2.31. The highest BCUT2D eigenvalue weighted by atomic mass is 19.4. The molecule has 1 atom stereocenters. The number of hydrogen-bond acceptors (Lipinski definition) is 4. The van der Waals surface area contributed by atoms with Crippen LogP contribution in [-0.2, 0) is 10.9 Å². The minimum Gasteiger partial charge on any atom is -0.478 e. The zero-order chi connectivity index (χ0) is 14.9. The van der Waals surface area contributed by atoms with Crippen molar-refractivity contribution in [3.8, 4) is 0 Å². The quantitative estimate of drug-likeness (QED) is 0.903. The van der Waals surface area contributed by atoms with E-state index >= 15 is 0 Å². The van der Waals surface area contributed by atoms with Crippen LogP contribution < -0.4 is 4.90 Å². The van der Waals surface area contributed by atoms with Crippen LogP contribution >= 0.6 is 0 Å². The highest BCUT2D eigenvalue weighted by molar-refractivity contribution is 5.93. The molecule has 0 saturated carbocycles. The summed E-state index contributed by atoms with van der Waals surface area (Å²) in [5.41, 5.74) is -1.34. The third kappa shape index (κ3) is 2.84. The zero-order valence-corrected chi connectivity index (χ0v) is 10.6. The number of rotatable bonds is 2. The van der Waals surface area contributed by atoms with Crippen molar-refractivity contribution in [1.29, 1.82) is 0 Å². The summed E-state index contributed by atoms with van der Waals surface area (Å²) >= 11 is 0. The first-order valence-electron chi connectivity index (χ1n) is 5.96. The summed E-state index contributed by atoms with van der Waals surface area (Å²) in [5, 5.41) is 9.10. The summed E-state index contributed by atoms with van der Waals surface area (Å²) < 4.78 is 43.3. The molecule has 2 heterocycles. The van der Waals surface area contributed by atoms with Crippen molar-refractivity contribution < 1.29 is 27.8 Å². The lowest BCUT2D eigenvalue weighted by Crippen LogP contribution is -2.45. The predicted octanol–water partition coefficient (Wildman–Crippen LogP) is 2.02. The van der Waals surface area contributed by atoms with Gasteiger partial charge in [-0.15, -0.1) is 0 Å². The van der Waals surface area contributed by atoms with Gasteiger partial charge in [-0.3, -0.25) is 0 Å². The number of hydrogen-bond donors (Lipinski definition) is 1. The molecule has 0 amide bonds. The van der Waals surface area contributed by atoms with Gasteiger partial charge in [0, 0.05) is 6.54 Å². The molecule has 0 bridgehead atoms. The molecule has 0 aromatic carbocycles. The summed E-state index contributed by atoms with van der Waals surface area (Å²) in [6.07, 6.45) is -4.61. The fourth-order valence-corrected chi connectivity index (χ4v) is 2.03. The van der Waals surface area contributed by atoms with E-state index in [1.54, 1.807) is 6.92 Å². The number of alkyl halides is 3. The molecule has 1 N–H and O–H groups in total. The molecule has 0 aliphatic carbocycles. The number of anilines is 1. The van der Waals surface area contributed by atoms with Crippen molar-refractivity contribution in [2.75, 3.05) is 24.7 Å². The number of morpholine rings is 1. The summed E-state index contributed by atoms with van der Waals surface area (Å²) in [6, 6.07) is 1.38. The number of nitrogens with zero attached hydrogens (tertiary/aromatic N) is 2. The third-order valence-electron chi connectivity index (χ3n) is 3.04. The van der Waals surface area contributed by atoms with E-state index in [0.717, 1.165) is 6.07 Å². The van der Waals surface area contributed by atoms with Gasteiger partial charge in [-0.25, -0.2) is 9.78 Å². The molecule has 8 heteroatoms. The third-order valence-corrected chi connectivity index (χ3v) is 3.04. The van der Waals surface area contributed by atoms with Crippen molar-refractivity contribution in [1.82, 2.24) is 4.98 Å². The Hall–Kier alpha value is -1.83. The van der Waals surface area contributed by atoms with E-state index < -0.39 is 17.8 Å². The first kappa shape index (κ1) is 14.6. The summed E-state index contributed by atoms with van der Waals surface area (Å²) in [4.78, 5) is 16.2. The highest BCUT2D eigenvalue weighted by Gasteiger charge is 2.35. The lowest BCUT2D eigenvalue weighted by atomic mass is 10.1. The van der Waals surface area contributed by atoms with Crippen LogP contribution in [0.2, 0.25) is 0 Å². The van der Waals surface area contributed by atoms with Crippen LogP contribution in [0.5, 0.6) is 0 Å². The second-order valence-corrected chi connectivity index (χ2v) is 4.49. The van der Waals surface area contributed by atoms with Gasteiger partial charge in [0.15, 0.2) is 0 Å². The maximum atomic E-state index is 12.7.